The van der Waals surface area contributed by atoms with E-state index < -0.39 is 5.91 Å². The van der Waals surface area contributed by atoms with Gasteiger partial charge in [0.2, 0.25) is 0 Å². The van der Waals surface area contributed by atoms with Gasteiger partial charge in [-0.05, 0) is 43.4 Å². The lowest BCUT2D eigenvalue weighted by molar-refractivity contribution is -0.147. The summed E-state index contributed by atoms with van der Waals surface area (Å²) in [6.45, 7) is 1.62. The number of ether oxygens (including phenoxy) is 1. The third-order valence-corrected chi connectivity index (χ3v) is 3.62. The largest absolute Gasteiger partial charge is 0.456 e. The van der Waals surface area contributed by atoms with E-state index in [1.54, 1.807) is 12.1 Å². The Balaban J connectivity index is 1.76. The van der Waals surface area contributed by atoms with Gasteiger partial charge in [-0.2, -0.15) is 0 Å². The molecule has 1 N–H and O–H groups in total. The molecular formula is C16H18ClNO3. The molecule has 0 unspecified atom stereocenters. The third kappa shape index (κ3) is 4.90. The lowest BCUT2D eigenvalue weighted by Gasteiger charge is -2.10. The van der Waals surface area contributed by atoms with Crippen LogP contribution in [0.4, 0.5) is 5.69 Å². The van der Waals surface area contributed by atoms with E-state index in [4.69, 9.17) is 16.3 Å². The van der Waals surface area contributed by atoms with E-state index >= 15 is 0 Å². The van der Waals surface area contributed by atoms with Gasteiger partial charge in [0.25, 0.3) is 5.91 Å². The monoisotopic (exact) mass is 307 g/mol. The van der Waals surface area contributed by atoms with Crippen molar-refractivity contribution in [2.45, 2.75) is 26.2 Å². The number of benzene rings is 1. The number of aryl methyl sites for hydroxylation is 1. The number of carbonyl (C=O) groups is 2. The Morgan fingerprint density at radius 2 is 2.24 bits per heavy atom. The number of hydrogen-bond donors (Lipinski definition) is 1. The van der Waals surface area contributed by atoms with Crippen LogP contribution in [0.25, 0.3) is 0 Å². The number of carbonyl (C=O) groups excluding carboxylic acids is 2. The van der Waals surface area contributed by atoms with Crippen molar-refractivity contribution in [1.82, 2.24) is 0 Å². The summed E-state index contributed by atoms with van der Waals surface area (Å²) in [5, 5.41) is 3.09. The molecule has 2 rings (SSSR count). The molecule has 0 saturated carbocycles. The number of rotatable bonds is 5. The van der Waals surface area contributed by atoms with Crippen LogP contribution in [0.2, 0.25) is 5.02 Å². The van der Waals surface area contributed by atoms with Gasteiger partial charge in [0.05, 0.1) is 17.1 Å². The summed E-state index contributed by atoms with van der Waals surface area (Å²) < 4.78 is 4.97. The number of halogens is 1. The van der Waals surface area contributed by atoms with E-state index in [1.807, 2.05) is 19.1 Å². The van der Waals surface area contributed by atoms with Crippen molar-refractivity contribution in [3.63, 3.8) is 0 Å². The smallest absolute Gasteiger partial charge is 0.306 e. The molecule has 1 amide bonds. The van der Waals surface area contributed by atoms with Crippen LogP contribution >= 0.6 is 11.6 Å². The molecule has 4 nitrogen and oxygen atoms in total. The van der Waals surface area contributed by atoms with E-state index in [2.05, 4.69) is 11.4 Å². The molecule has 0 bridgehead atoms. The predicted molar refractivity (Wildman–Crippen MR) is 82.3 cm³/mol. The maximum atomic E-state index is 11.7. The molecule has 1 aromatic carbocycles. The molecule has 0 aliphatic heterocycles. The molecule has 0 aromatic heterocycles. The van der Waals surface area contributed by atoms with Crippen LogP contribution in [0.5, 0.6) is 0 Å². The molecular weight excluding hydrogens is 290 g/mol. The van der Waals surface area contributed by atoms with Crippen molar-refractivity contribution in [2.75, 3.05) is 11.9 Å². The Hall–Kier alpha value is -1.81. The normalized spacial score (nSPS) is 16.8. The van der Waals surface area contributed by atoms with Crippen LogP contribution in [-0.4, -0.2) is 18.5 Å². The van der Waals surface area contributed by atoms with Crippen LogP contribution in [0.1, 0.15) is 24.8 Å². The molecule has 1 aromatic rings. The van der Waals surface area contributed by atoms with Crippen molar-refractivity contribution < 1.29 is 14.3 Å². The van der Waals surface area contributed by atoms with Gasteiger partial charge in [-0.1, -0.05) is 29.8 Å². The van der Waals surface area contributed by atoms with Gasteiger partial charge in [0, 0.05) is 0 Å². The van der Waals surface area contributed by atoms with E-state index in [-0.39, 0.29) is 18.5 Å². The Bertz CT molecular complexity index is 569. The van der Waals surface area contributed by atoms with Gasteiger partial charge in [-0.15, -0.1) is 0 Å². The molecule has 5 heteroatoms. The first-order chi connectivity index (χ1) is 10.0. The second kappa shape index (κ2) is 7.27. The average Bonchev–Trinajstić information content (AvgIpc) is 2.92. The van der Waals surface area contributed by atoms with Gasteiger partial charge < -0.3 is 10.1 Å². The highest BCUT2D eigenvalue weighted by Crippen LogP contribution is 2.23. The number of amides is 1. The van der Waals surface area contributed by atoms with E-state index in [0.29, 0.717) is 17.1 Å². The standard InChI is InChI=1S/C16H18ClNO3/c1-11-6-7-14(13(17)8-11)18-15(19)10-21-16(20)9-12-4-2-3-5-12/h2,4,6-8,12H,3,5,9-10H2,1H3,(H,18,19)/t12-/m0/s1. The Kier molecular flexibility index (Phi) is 5.39. The average molecular weight is 308 g/mol. The van der Waals surface area contributed by atoms with E-state index in [9.17, 15) is 9.59 Å². The molecule has 0 heterocycles. The maximum absolute atomic E-state index is 11.7. The van der Waals surface area contributed by atoms with Crippen LogP contribution in [-0.2, 0) is 14.3 Å². The van der Waals surface area contributed by atoms with Crippen molar-refractivity contribution in [3.05, 3.63) is 40.9 Å². The molecule has 1 aliphatic rings. The van der Waals surface area contributed by atoms with E-state index in [1.165, 1.54) is 0 Å². The zero-order valence-corrected chi connectivity index (χ0v) is 12.7. The highest BCUT2D eigenvalue weighted by molar-refractivity contribution is 6.33. The molecule has 0 radical (unpaired) electrons. The molecule has 0 saturated heterocycles. The SMILES string of the molecule is Cc1ccc(NC(=O)COC(=O)C[C@H]2C=CCC2)c(Cl)c1. The minimum absolute atomic E-state index is 0.243. The maximum Gasteiger partial charge on any atom is 0.306 e. The summed E-state index contributed by atoms with van der Waals surface area (Å²) in [5.74, 6) is -0.500. The molecule has 0 fully saturated rings. The van der Waals surface area contributed by atoms with Crippen molar-refractivity contribution >= 4 is 29.2 Å². The summed E-state index contributed by atoms with van der Waals surface area (Å²) in [6, 6.07) is 5.33. The lowest BCUT2D eigenvalue weighted by Crippen LogP contribution is -2.21. The highest BCUT2D eigenvalue weighted by Gasteiger charge is 2.16. The van der Waals surface area contributed by atoms with Crippen molar-refractivity contribution in [1.29, 1.82) is 0 Å². The number of allylic oxidation sites excluding steroid dienone is 2. The van der Waals surface area contributed by atoms with Crippen LogP contribution < -0.4 is 5.32 Å². The van der Waals surface area contributed by atoms with Gasteiger partial charge in [-0.25, -0.2) is 0 Å². The second-order valence-corrected chi connectivity index (χ2v) is 5.57. The highest BCUT2D eigenvalue weighted by atomic mass is 35.5. The van der Waals surface area contributed by atoms with Gasteiger partial charge in [0.1, 0.15) is 0 Å². The second-order valence-electron chi connectivity index (χ2n) is 5.16. The predicted octanol–water partition coefficient (Wildman–Crippen LogP) is 3.49. The quantitative estimate of drug-likeness (QED) is 0.669. The number of esters is 1. The Morgan fingerprint density at radius 3 is 2.90 bits per heavy atom. The molecule has 1 aliphatic carbocycles. The minimum Gasteiger partial charge on any atom is -0.456 e. The van der Waals surface area contributed by atoms with Gasteiger partial charge >= 0.3 is 5.97 Å². The van der Waals surface area contributed by atoms with Crippen LogP contribution in [0, 0.1) is 12.8 Å². The number of hydrogen-bond acceptors (Lipinski definition) is 3. The number of anilines is 1. The summed E-state index contributed by atoms with van der Waals surface area (Å²) in [5.41, 5.74) is 1.52. The van der Waals surface area contributed by atoms with Crippen LogP contribution in [0.3, 0.4) is 0 Å². The number of nitrogens with one attached hydrogen (secondary N) is 1. The Labute approximate surface area is 129 Å². The van der Waals surface area contributed by atoms with Crippen molar-refractivity contribution in [2.24, 2.45) is 5.92 Å². The lowest BCUT2D eigenvalue weighted by atomic mass is 10.1. The minimum atomic E-state index is -0.393. The zero-order chi connectivity index (χ0) is 15.2. The summed E-state index contributed by atoms with van der Waals surface area (Å²) in [6.07, 6.45) is 6.39. The molecule has 112 valence electrons. The molecule has 1 atom stereocenters. The summed E-state index contributed by atoms with van der Waals surface area (Å²) in [7, 11) is 0. The fraction of sp³-hybridized carbons (Fsp3) is 0.375. The third-order valence-electron chi connectivity index (χ3n) is 3.30. The molecule has 21 heavy (non-hydrogen) atoms. The first-order valence-electron chi connectivity index (χ1n) is 6.93. The molecule has 0 spiro atoms. The summed E-state index contributed by atoms with van der Waals surface area (Å²) >= 11 is 6.02. The van der Waals surface area contributed by atoms with Gasteiger partial charge in [-0.3, -0.25) is 9.59 Å². The topological polar surface area (TPSA) is 55.4 Å². The Morgan fingerprint density at radius 1 is 1.43 bits per heavy atom. The van der Waals surface area contributed by atoms with E-state index in [0.717, 1.165) is 18.4 Å². The fourth-order valence-corrected chi connectivity index (χ4v) is 2.47. The zero-order valence-electron chi connectivity index (χ0n) is 11.9. The first-order valence-corrected chi connectivity index (χ1v) is 7.30. The van der Waals surface area contributed by atoms with Crippen molar-refractivity contribution in [3.8, 4) is 0 Å². The van der Waals surface area contributed by atoms with Crippen LogP contribution in [0.15, 0.2) is 30.4 Å². The first kappa shape index (κ1) is 15.6. The summed E-state index contributed by atoms with van der Waals surface area (Å²) in [4.78, 5) is 23.3. The fourth-order valence-electron chi connectivity index (χ4n) is 2.19. The van der Waals surface area contributed by atoms with Gasteiger partial charge in [0.15, 0.2) is 6.61 Å².